The van der Waals surface area contributed by atoms with Crippen molar-refractivity contribution in [2.75, 3.05) is 20.3 Å². The number of rotatable bonds is 8. The lowest BCUT2D eigenvalue weighted by Gasteiger charge is -2.27. The number of carbonyl (C=O) groups is 2. The Bertz CT molecular complexity index is 313. The fourth-order valence-corrected chi connectivity index (χ4v) is 1.45. The van der Waals surface area contributed by atoms with Gasteiger partial charge in [-0.1, -0.05) is 27.7 Å². The van der Waals surface area contributed by atoms with E-state index in [2.05, 4.69) is 31.4 Å². The SMILES string of the molecule is COCCCC(NC(=O)NCC(C)C(C)(C)C)C(=O)O. The van der Waals surface area contributed by atoms with Crippen LogP contribution >= 0.6 is 0 Å². The summed E-state index contributed by atoms with van der Waals surface area (Å²) in [5, 5.41) is 14.2. The Labute approximate surface area is 121 Å². The lowest BCUT2D eigenvalue weighted by Crippen LogP contribution is -2.47. The molecule has 6 nitrogen and oxygen atoms in total. The topological polar surface area (TPSA) is 87.7 Å². The van der Waals surface area contributed by atoms with Crippen molar-refractivity contribution in [3.05, 3.63) is 0 Å². The molecular formula is C14H28N2O4. The van der Waals surface area contributed by atoms with Gasteiger partial charge >= 0.3 is 12.0 Å². The molecule has 0 fully saturated rings. The van der Waals surface area contributed by atoms with Gasteiger partial charge in [-0.25, -0.2) is 9.59 Å². The summed E-state index contributed by atoms with van der Waals surface area (Å²) in [5.74, 6) is -0.731. The molecule has 0 aromatic rings. The number of nitrogens with one attached hydrogen (secondary N) is 2. The number of amides is 2. The molecule has 20 heavy (non-hydrogen) atoms. The first-order valence-electron chi connectivity index (χ1n) is 6.94. The number of carbonyl (C=O) groups excluding carboxylic acids is 1. The number of urea groups is 1. The van der Waals surface area contributed by atoms with Gasteiger partial charge in [-0.2, -0.15) is 0 Å². The third kappa shape index (κ3) is 7.99. The smallest absolute Gasteiger partial charge is 0.326 e. The second-order valence-corrected chi connectivity index (χ2v) is 6.15. The van der Waals surface area contributed by atoms with Crippen molar-refractivity contribution in [2.45, 2.75) is 46.6 Å². The van der Waals surface area contributed by atoms with E-state index in [0.29, 0.717) is 31.9 Å². The van der Waals surface area contributed by atoms with Crippen LogP contribution in [0.25, 0.3) is 0 Å². The molecule has 0 aromatic carbocycles. The number of aliphatic carboxylic acids is 1. The molecule has 2 unspecified atom stereocenters. The van der Waals surface area contributed by atoms with Gasteiger partial charge in [-0.15, -0.1) is 0 Å². The highest BCUT2D eigenvalue weighted by Crippen LogP contribution is 2.24. The molecule has 3 N–H and O–H groups in total. The molecule has 0 saturated heterocycles. The van der Waals surface area contributed by atoms with Crippen molar-refractivity contribution in [3.8, 4) is 0 Å². The van der Waals surface area contributed by atoms with Crippen LogP contribution in [-0.4, -0.2) is 43.4 Å². The van der Waals surface area contributed by atoms with Crippen LogP contribution in [0.2, 0.25) is 0 Å². The molecule has 2 atom stereocenters. The monoisotopic (exact) mass is 288 g/mol. The minimum absolute atomic E-state index is 0.0952. The Morgan fingerprint density at radius 2 is 1.90 bits per heavy atom. The Balaban J connectivity index is 4.17. The lowest BCUT2D eigenvalue weighted by atomic mass is 9.82. The minimum atomic E-state index is -1.03. The Morgan fingerprint density at radius 1 is 1.30 bits per heavy atom. The van der Waals surface area contributed by atoms with Gasteiger partial charge in [0, 0.05) is 20.3 Å². The van der Waals surface area contributed by atoms with Crippen LogP contribution in [0.4, 0.5) is 4.79 Å². The van der Waals surface area contributed by atoms with Crippen LogP contribution in [0.1, 0.15) is 40.5 Å². The fourth-order valence-electron chi connectivity index (χ4n) is 1.45. The molecule has 0 aliphatic heterocycles. The van der Waals surface area contributed by atoms with Crippen molar-refractivity contribution in [1.29, 1.82) is 0 Å². The third-order valence-corrected chi connectivity index (χ3v) is 3.49. The van der Waals surface area contributed by atoms with Gasteiger partial charge < -0.3 is 20.5 Å². The average molecular weight is 288 g/mol. The van der Waals surface area contributed by atoms with E-state index >= 15 is 0 Å². The van der Waals surface area contributed by atoms with Gasteiger partial charge in [-0.05, 0) is 24.2 Å². The molecule has 0 heterocycles. The molecule has 6 heteroatoms. The van der Waals surface area contributed by atoms with Gasteiger partial charge in [0.1, 0.15) is 6.04 Å². The third-order valence-electron chi connectivity index (χ3n) is 3.49. The zero-order valence-electron chi connectivity index (χ0n) is 13.2. The van der Waals surface area contributed by atoms with Crippen LogP contribution in [0, 0.1) is 11.3 Å². The first-order chi connectivity index (χ1) is 9.18. The minimum Gasteiger partial charge on any atom is -0.480 e. The Morgan fingerprint density at radius 3 is 2.35 bits per heavy atom. The van der Waals surface area contributed by atoms with Crippen molar-refractivity contribution in [1.82, 2.24) is 10.6 Å². The Hall–Kier alpha value is -1.30. The van der Waals surface area contributed by atoms with Crippen molar-refractivity contribution in [2.24, 2.45) is 11.3 Å². The highest BCUT2D eigenvalue weighted by Gasteiger charge is 2.22. The molecule has 0 aliphatic carbocycles. The summed E-state index contributed by atoms with van der Waals surface area (Å²) in [7, 11) is 1.56. The molecule has 0 aromatic heterocycles. The van der Waals surface area contributed by atoms with Crippen molar-refractivity contribution < 1.29 is 19.4 Å². The first kappa shape index (κ1) is 18.7. The summed E-state index contributed by atoms with van der Waals surface area (Å²) in [5.41, 5.74) is 0.0952. The zero-order valence-corrected chi connectivity index (χ0v) is 13.2. The molecule has 0 saturated carbocycles. The van der Waals surface area contributed by atoms with Crippen LogP contribution in [0.5, 0.6) is 0 Å². The molecule has 0 spiro atoms. The molecular weight excluding hydrogens is 260 g/mol. The highest BCUT2D eigenvalue weighted by atomic mass is 16.5. The Kier molecular flexibility index (Phi) is 8.22. The van der Waals surface area contributed by atoms with Gasteiger partial charge in [0.25, 0.3) is 0 Å². The average Bonchev–Trinajstić information content (AvgIpc) is 2.33. The molecule has 0 radical (unpaired) electrons. The lowest BCUT2D eigenvalue weighted by molar-refractivity contribution is -0.139. The largest absolute Gasteiger partial charge is 0.480 e. The quantitative estimate of drug-likeness (QED) is 0.595. The summed E-state index contributed by atoms with van der Waals surface area (Å²) in [4.78, 5) is 22.7. The van der Waals surface area contributed by atoms with Gasteiger partial charge in [-0.3, -0.25) is 0 Å². The van der Waals surface area contributed by atoms with E-state index in [-0.39, 0.29) is 5.41 Å². The maximum atomic E-state index is 11.7. The predicted octanol–water partition coefficient (Wildman–Crippen LogP) is 1.85. The summed E-state index contributed by atoms with van der Waals surface area (Å²) in [6, 6.07) is -1.32. The van der Waals surface area contributed by atoms with E-state index in [1.807, 2.05) is 6.92 Å². The molecule has 2 amide bonds. The molecule has 118 valence electrons. The van der Waals surface area contributed by atoms with Crippen LogP contribution in [0.3, 0.4) is 0 Å². The second kappa shape index (κ2) is 8.79. The maximum Gasteiger partial charge on any atom is 0.326 e. The summed E-state index contributed by atoms with van der Waals surface area (Å²) >= 11 is 0. The van der Waals surface area contributed by atoms with Crippen LogP contribution in [-0.2, 0) is 9.53 Å². The van der Waals surface area contributed by atoms with Crippen LogP contribution in [0.15, 0.2) is 0 Å². The van der Waals surface area contributed by atoms with Crippen LogP contribution < -0.4 is 10.6 Å². The normalized spacial score (nSPS) is 14.4. The van der Waals surface area contributed by atoms with Gasteiger partial charge in [0.15, 0.2) is 0 Å². The molecule has 0 bridgehead atoms. The number of carboxylic acids is 1. The number of hydrogen-bond acceptors (Lipinski definition) is 3. The predicted molar refractivity (Wildman–Crippen MR) is 77.7 cm³/mol. The molecule has 0 aliphatic rings. The van der Waals surface area contributed by atoms with Gasteiger partial charge in [0.05, 0.1) is 0 Å². The number of ether oxygens (including phenoxy) is 1. The highest BCUT2D eigenvalue weighted by molar-refractivity contribution is 5.82. The van der Waals surface area contributed by atoms with E-state index in [0.717, 1.165) is 0 Å². The standard InChI is InChI=1S/C14H28N2O4/c1-10(14(2,3)4)9-15-13(19)16-11(12(17)18)7-6-8-20-5/h10-11H,6-9H2,1-5H3,(H,17,18)(H2,15,16,19). The fraction of sp³-hybridized carbons (Fsp3) is 0.857. The number of carboxylic acid groups (broad SMARTS) is 1. The van der Waals surface area contributed by atoms with Crippen molar-refractivity contribution >= 4 is 12.0 Å². The summed E-state index contributed by atoms with van der Waals surface area (Å²) in [6.45, 7) is 9.34. The van der Waals surface area contributed by atoms with E-state index in [1.165, 1.54) is 0 Å². The summed E-state index contributed by atoms with van der Waals surface area (Å²) < 4.78 is 4.87. The van der Waals surface area contributed by atoms with E-state index in [9.17, 15) is 9.59 Å². The summed E-state index contributed by atoms with van der Waals surface area (Å²) in [6.07, 6.45) is 0.942. The number of methoxy groups -OCH3 is 1. The second-order valence-electron chi connectivity index (χ2n) is 6.15. The number of hydrogen-bond donors (Lipinski definition) is 3. The maximum absolute atomic E-state index is 11.7. The van der Waals surface area contributed by atoms with Gasteiger partial charge in [0.2, 0.25) is 0 Å². The van der Waals surface area contributed by atoms with E-state index in [1.54, 1.807) is 7.11 Å². The molecule has 0 rings (SSSR count). The van der Waals surface area contributed by atoms with E-state index < -0.39 is 18.0 Å². The van der Waals surface area contributed by atoms with Crippen molar-refractivity contribution in [3.63, 3.8) is 0 Å². The van der Waals surface area contributed by atoms with E-state index in [4.69, 9.17) is 9.84 Å². The zero-order chi connectivity index (χ0) is 15.8. The first-order valence-corrected chi connectivity index (χ1v) is 6.94.